The molecule has 1 aliphatic rings. The van der Waals surface area contributed by atoms with Gasteiger partial charge in [-0.2, -0.15) is 10.1 Å². The molecule has 1 aliphatic heterocycles. The van der Waals surface area contributed by atoms with Crippen LogP contribution in [0.4, 0.5) is 17.5 Å². The first-order valence-corrected chi connectivity index (χ1v) is 9.28. The third-order valence-electron chi connectivity index (χ3n) is 4.76. The smallest absolute Gasteiger partial charge is 0.244 e. The monoisotopic (exact) mass is 377 g/mol. The Morgan fingerprint density at radius 1 is 1.00 bits per heavy atom. The minimum absolute atomic E-state index is 0.527. The van der Waals surface area contributed by atoms with Gasteiger partial charge in [0.1, 0.15) is 5.75 Å². The molecule has 0 unspecified atom stereocenters. The summed E-state index contributed by atoms with van der Waals surface area (Å²) < 4.78 is 5.23. The molecule has 0 saturated carbocycles. The molecule has 2 aromatic heterocycles. The molecule has 28 heavy (non-hydrogen) atoms. The van der Waals surface area contributed by atoms with Crippen molar-refractivity contribution in [2.24, 2.45) is 0 Å². The second-order valence-corrected chi connectivity index (χ2v) is 6.53. The zero-order valence-corrected chi connectivity index (χ0v) is 15.8. The average Bonchev–Trinajstić information content (AvgIpc) is 2.79. The highest BCUT2D eigenvalue weighted by Gasteiger charge is 2.19. The van der Waals surface area contributed by atoms with Crippen molar-refractivity contribution in [2.75, 3.05) is 48.4 Å². The van der Waals surface area contributed by atoms with E-state index in [4.69, 9.17) is 4.74 Å². The van der Waals surface area contributed by atoms with E-state index in [1.54, 1.807) is 19.5 Å². The first kappa shape index (κ1) is 18.0. The molecule has 144 valence electrons. The molecule has 0 amide bonds. The van der Waals surface area contributed by atoms with Crippen molar-refractivity contribution in [3.05, 3.63) is 60.6 Å². The average molecular weight is 377 g/mol. The lowest BCUT2D eigenvalue weighted by Crippen LogP contribution is -2.46. The molecule has 1 N–H and O–H groups in total. The second-order valence-electron chi connectivity index (χ2n) is 6.53. The van der Waals surface area contributed by atoms with E-state index < -0.39 is 0 Å². The number of ether oxygens (including phenoxy) is 1. The Bertz CT molecular complexity index is 881. The molecular formula is C20H23N7O. The van der Waals surface area contributed by atoms with Gasteiger partial charge in [-0.25, -0.2) is 0 Å². The Kier molecular flexibility index (Phi) is 5.46. The van der Waals surface area contributed by atoms with Crippen LogP contribution in [0.2, 0.25) is 0 Å². The summed E-state index contributed by atoms with van der Waals surface area (Å²) in [5.74, 6) is 2.25. The van der Waals surface area contributed by atoms with Crippen LogP contribution in [0.25, 0.3) is 0 Å². The van der Waals surface area contributed by atoms with Gasteiger partial charge in [0, 0.05) is 50.8 Å². The predicted molar refractivity (Wildman–Crippen MR) is 109 cm³/mol. The molecule has 8 nitrogen and oxygen atoms in total. The number of nitrogens with zero attached hydrogens (tertiary/aromatic N) is 6. The molecule has 8 heteroatoms. The van der Waals surface area contributed by atoms with Crippen LogP contribution in [0, 0.1) is 0 Å². The van der Waals surface area contributed by atoms with Gasteiger partial charge in [0.2, 0.25) is 5.95 Å². The number of anilines is 3. The van der Waals surface area contributed by atoms with E-state index in [-0.39, 0.29) is 0 Å². The van der Waals surface area contributed by atoms with Crippen LogP contribution in [0.15, 0.2) is 55.0 Å². The van der Waals surface area contributed by atoms with E-state index in [2.05, 4.69) is 47.4 Å². The molecule has 1 fully saturated rings. The van der Waals surface area contributed by atoms with Crippen LogP contribution in [-0.4, -0.2) is 53.5 Å². The lowest BCUT2D eigenvalue weighted by Gasteiger charge is -2.36. The highest BCUT2D eigenvalue weighted by atomic mass is 16.5. The fourth-order valence-corrected chi connectivity index (χ4v) is 3.19. The van der Waals surface area contributed by atoms with Crippen molar-refractivity contribution in [2.45, 2.75) is 6.54 Å². The van der Waals surface area contributed by atoms with Gasteiger partial charge < -0.3 is 19.9 Å². The number of methoxy groups -OCH3 is 1. The lowest BCUT2D eigenvalue weighted by atomic mass is 10.2. The van der Waals surface area contributed by atoms with Crippen molar-refractivity contribution >= 4 is 17.5 Å². The van der Waals surface area contributed by atoms with Gasteiger partial charge in [-0.15, -0.1) is 5.10 Å². The molecule has 0 spiro atoms. The topological polar surface area (TPSA) is 79.3 Å². The van der Waals surface area contributed by atoms with Crippen LogP contribution in [0.5, 0.6) is 5.75 Å². The molecule has 0 bridgehead atoms. The molecular weight excluding hydrogens is 354 g/mol. The van der Waals surface area contributed by atoms with Crippen molar-refractivity contribution in [1.82, 2.24) is 20.2 Å². The number of nitrogens with one attached hydrogen (secondary N) is 1. The summed E-state index contributed by atoms with van der Waals surface area (Å²) in [6.07, 6.45) is 5.30. The summed E-state index contributed by atoms with van der Waals surface area (Å²) in [7, 11) is 1.68. The van der Waals surface area contributed by atoms with Gasteiger partial charge in [0.05, 0.1) is 13.3 Å². The Morgan fingerprint density at radius 2 is 1.79 bits per heavy atom. The van der Waals surface area contributed by atoms with Crippen LogP contribution >= 0.6 is 0 Å². The van der Waals surface area contributed by atoms with Gasteiger partial charge in [-0.1, -0.05) is 6.07 Å². The Labute approximate surface area is 164 Å². The predicted octanol–water partition coefficient (Wildman–Crippen LogP) is 2.21. The Hall–Kier alpha value is -3.42. The van der Waals surface area contributed by atoms with Crippen molar-refractivity contribution < 1.29 is 4.74 Å². The first-order valence-electron chi connectivity index (χ1n) is 9.28. The normalized spacial score (nSPS) is 14.0. The molecule has 0 atom stereocenters. The molecule has 3 aromatic rings. The summed E-state index contributed by atoms with van der Waals surface area (Å²) in [5, 5.41) is 11.4. The number of hydrogen-bond donors (Lipinski definition) is 1. The van der Waals surface area contributed by atoms with Crippen molar-refractivity contribution in [3.63, 3.8) is 0 Å². The fraction of sp³-hybridized carbons (Fsp3) is 0.300. The minimum atomic E-state index is 0.527. The summed E-state index contributed by atoms with van der Waals surface area (Å²) >= 11 is 0. The third-order valence-corrected chi connectivity index (χ3v) is 4.76. The number of benzene rings is 1. The minimum Gasteiger partial charge on any atom is -0.497 e. The zero-order chi connectivity index (χ0) is 19.2. The summed E-state index contributed by atoms with van der Waals surface area (Å²) in [6.45, 7) is 4.23. The largest absolute Gasteiger partial charge is 0.497 e. The molecule has 1 saturated heterocycles. The maximum atomic E-state index is 5.23. The zero-order valence-electron chi connectivity index (χ0n) is 15.8. The van der Waals surface area contributed by atoms with Crippen LogP contribution in [0.3, 0.4) is 0 Å². The number of pyridine rings is 1. The lowest BCUT2D eigenvalue weighted by molar-refractivity contribution is 0.415. The molecule has 4 rings (SSSR count). The number of aromatic nitrogens is 4. The summed E-state index contributed by atoms with van der Waals surface area (Å²) in [5.41, 5.74) is 2.28. The Morgan fingerprint density at radius 3 is 2.50 bits per heavy atom. The van der Waals surface area contributed by atoms with Crippen LogP contribution < -0.4 is 19.9 Å². The number of piperazine rings is 1. The van der Waals surface area contributed by atoms with Gasteiger partial charge in [-0.3, -0.25) is 4.98 Å². The summed E-state index contributed by atoms with van der Waals surface area (Å²) in [6, 6.07) is 12.1. The summed E-state index contributed by atoms with van der Waals surface area (Å²) in [4.78, 5) is 13.3. The second kappa shape index (κ2) is 8.51. The van der Waals surface area contributed by atoms with Crippen molar-refractivity contribution in [1.29, 1.82) is 0 Å². The van der Waals surface area contributed by atoms with E-state index in [0.717, 1.165) is 43.3 Å². The van der Waals surface area contributed by atoms with E-state index >= 15 is 0 Å². The van der Waals surface area contributed by atoms with E-state index in [9.17, 15) is 0 Å². The van der Waals surface area contributed by atoms with Crippen LogP contribution in [0.1, 0.15) is 5.56 Å². The first-order chi connectivity index (χ1) is 13.8. The highest BCUT2D eigenvalue weighted by Crippen LogP contribution is 2.22. The van der Waals surface area contributed by atoms with Crippen LogP contribution in [-0.2, 0) is 6.54 Å². The fourth-order valence-electron chi connectivity index (χ4n) is 3.19. The molecule has 0 aliphatic carbocycles. The number of rotatable bonds is 6. The SMILES string of the molecule is COc1ccc(N2CCN(c3cnnc(NCc4cccnc4)n3)CC2)cc1. The van der Waals surface area contributed by atoms with Gasteiger partial charge >= 0.3 is 0 Å². The van der Waals surface area contributed by atoms with Gasteiger partial charge in [0.25, 0.3) is 0 Å². The van der Waals surface area contributed by atoms with E-state index in [0.29, 0.717) is 12.5 Å². The van der Waals surface area contributed by atoms with Gasteiger partial charge in [0.15, 0.2) is 5.82 Å². The molecule has 0 radical (unpaired) electrons. The van der Waals surface area contributed by atoms with E-state index in [1.807, 2.05) is 30.5 Å². The maximum absolute atomic E-state index is 5.23. The van der Waals surface area contributed by atoms with Crippen molar-refractivity contribution in [3.8, 4) is 5.75 Å². The third kappa shape index (κ3) is 4.28. The maximum Gasteiger partial charge on any atom is 0.244 e. The molecule has 1 aromatic carbocycles. The Balaban J connectivity index is 1.35. The molecule has 3 heterocycles. The van der Waals surface area contributed by atoms with E-state index in [1.165, 1.54) is 5.69 Å². The quantitative estimate of drug-likeness (QED) is 0.700. The standard InChI is InChI=1S/C20H23N7O/c1-28-18-6-4-17(5-7-18)26-9-11-27(12-10-26)19-15-23-25-20(24-19)22-14-16-3-2-8-21-13-16/h2-8,13,15H,9-12,14H2,1H3,(H,22,24,25). The number of hydrogen-bond acceptors (Lipinski definition) is 8. The van der Waals surface area contributed by atoms with Gasteiger partial charge in [-0.05, 0) is 35.9 Å². The highest BCUT2D eigenvalue weighted by molar-refractivity contribution is 5.51.